The Morgan fingerprint density at radius 3 is 1.44 bits per heavy atom. The van der Waals surface area contributed by atoms with Crippen molar-refractivity contribution in [1.29, 1.82) is 0 Å². The summed E-state index contributed by atoms with van der Waals surface area (Å²) in [4.78, 5) is 0. The van der Waals surface area contributed by atoms with Crippen LogP contribution >= 0.6 is 0 Å². The van der Waals surface area contributed by atoms with Crippen LogP contribution in [-0.2, 0) is 10.8 Å². The molecule has 0 N–H and O–H groups in total. The third-order valence-corrected chi connectivity index (χ3v) is 11.4. The number of hydrogen-bond acceptors (Lipinski definition) is 0. The van der Waals surface area contributed by atoms with Crippen molar-refractivity contribution in [3.63, 3.8) is 0 Å². The van der Waals surface area contributed by atoms with Crippen LogP contribution in [0.4, 0.5) is 0 Å². The molecule has 8 rings (SSSR count). The van der Waals surface area contributed by atoms with Crippen molar-refractivity contribution in [2.75, 3.05) is 0 Å². The molecule has 0 atom stereocenters. The molecule has 8 aromatic rings. The smallest absolute Gasteiger partial charge is 0.00201 e. The number of benzene rings is 8. The molecule has 0 aliphatic heterocycles. The van der Waals surface area contributed by atoms with Crippen LogP contribution in [0.1, 0.15) is 114 Å². The first-order valence-electron chi connectivity index (χ1n) is 19.3. The van der Waals surface area contributed by atoms with Crippen LogP contribution in [0, 0.1) is 13.8 Å². The summed E-state index contributed by atoms with van der Waals surface area (Å²) in [5.41, 5.74) is 11.6. The molecular formula is C52H56. The molecule has 0 aliphatic carbocycles. The molecule has 0 radical (unpaired) electrons. The average molecular weight is 681 g/mol. The molecule has 0 bridgehead atoms. The Morgan fingerprint density at radius 2 is 0.865 bits per heavy atom. The monoisotopic (exact) mass is 680 g/mol. The van der Waals surface area contributed by atoms with Gasteiger partial charge in [-0.25, -0.2) is 0 Å². The highest BCUT2D eigenvalue weighted by molar-refractivity contribution is 6.34. The lowest BCUT2D eigenvalue weighted by atomic mass is 9.81. The first kappa shape index (κ1) is 35.7. The normalized spacial score (nSPS) is 12.6. The molecule has 0 heteroatoms. The summed E-state index contributed by atoms with van der Waals surface area (Å²) >= 11 is 0. The highest BCUT2D eigenvalue weighted by atomic mass is 14.2. The van der Waals surface area contributed by atoms with Crippen molar-refractivity contribution in [1.82, 2.24) is 0 Å². The lowest BCUT2D eigenvalue weighted by molar-refractivity contribution is 0.589. The van der Waals surface area contributed by atoms with E-state index in [0.29, 0.717) is 11.8 Å². The van der Waals surface area contributed by atoms with Gasteiger partial charge in [0.15, 0.2) is 0 Å². The van der Waals surface area contributed by atoms with E-state index < -0.39 is 0 Å². The number of rotatable bonds is 3. The van der Waals surface area contributed by atoms with Gasteiger partial charge in [0.1, 0.15) is 0 Å². The van der Waals surface area contributed by atoms with Crippen LogP contribution in [0.5, 0.6) is 0 Å². The van der Waals surface area contributed by atoms with Crippen LogP contribution in [0.3, 0.4) is 0 Å². The van der Waals surface area contributed by atoms with Gasteiger partial charge < -0.3 is 0 Å². The highest BCUT2D eigenvalue weighted by Gasteiger charge is 2.21. The van der Waals surface area contributed by atoms with E-state index in [1.54, 1.807) is 0 Å². The lowest BCUT2D eigenvalue weighted by Gasteiger charge is -2.23. The van der Waals surface area contributed by atoms with Crippen molar-refractivity contribution in [2.45, 2.75) is 106 Å². The Hall–Kier alpha value is -4.68. The molecule has 52 heavy (non-hydrogen) atoms. The summed E-state index contributed by atoms with van der Waals surface area (Å²) in [5, 5.41) is 13.7. The summed E-state index contributed by atoms with van der Waals surface area (Å²) in [5.74, 6) is 0.948. The molecule has 0 aromatic heterocycles. The third-order valence-electron chi connectivity index (χ3n) is 11.4. The zero-order valence-electron chi connectivity index (χ0n) is 33.5. The van der Waals surface area contributed by atoms with Gasteiger partial charge in [0, 0.05) is 0 Å². The van der Waals surface area contributed by atoms with Gasteiger partial charge in [0.2, 0.25) is 0 Å². The molecule has 0 fully saturated rings. The van der Waals surface area contributed by atoms with Gasteiger partial charge in [0.25, 0.3) is 0 Å². The topological polar surface area (TPSA) is 0 Å². The van der Waals surface area contributed by atoms with Crippen LogP contribution in [-0.4, -0.2) is 0 Å². The second-order valence-corrected chi connectivity index (χ2v) is 17.9. The SMILES string of the molecule is Cc1cc(C(C)(C)C)cc2cc(C(C)(C)C)ccc12.Cc1ccc2c3ccc(-c4c(C(C)C)cccc4C(C)C)c4cccc(c5cccc1c52)c43. The summed E-state index contributed by atoms with van der Waals surface area (Å²) in [6, 6.07) is 41.5. The van der Waals surface area contributed by atoms with E-state index in [9.17, 15) is 0 Å². The first-order valence-corrected chi connectivity index (χ1v) is 19.3. The number of hydrogen-bond donors (Lipinski definition) is 0. The van der Waals surface area contributed by atoms with Crippen LogP contribution in [0.15, 0.2) is 109 Å². The highest BCUT2D eigenvalue weighted by Crippen LogP contribution is 2.46. The molecule has 0 unspecified atom stereocenters. The van der Waals surface area contributed by atoms with Gasteiger partial charge in [0.05, 0.1) is 0 Å². The fraction of sp³-hybridized carbons (Fsp3) is 0.308. The molecule has 0 aliphatic rings. The van der Waals surface area contributed by atoms with Crippen LogP contribution in [0.2, 0.25) is 0 Å². The van der Waals surface area contributed by atoms with Crippen molar-refractivity contribution in [2.24, 2.45) is 0 Å². The molecular weight excluding hydrogens is 625 g/mol. The molecule has 0 saturated carbocycles. The Kier molecular flexibility index (Phi) is 8.98. The van der Waals surface area contributed by atoms with E-state index in [1.807, 2.05) is 0 Å². The van der Waals surface area contributed by atoms with Gasteiger partial charge >= 0.3 is 0 Å². The van der Waals surface area contributed by atoms with E-state index in [4.69, 9.17) is 0 Å². The average Bonchev–Trinajstić information content (AvgIpc) is 3.10. The summed E-state index contributed by atoms with van der Waals surface area (Å²) in [7, 11) is 0. The largest absolute Gasteiger partial charge is 0.0617 e. The predicted octanol–water partition coefficient (Wildman–Crippen LogP) is 15.7. The minimum Gasteiger partial charge on any atom is -0.0617 e. The maximum Gasteiger partial charge on any atom is -0.00201 e. The van der Waals surface area contributed by atoms with Gasteiger partial charge in [-0.3, -0.25) is 0 Å². The van der Waals surface area contributed by atoms with Crippen molar-refractivity contribution < 1.29 is 0 Å². The first-order chi connectivity index (χ1) is 24.6. The predicted molar refractivity (Wildman–Crippen MR) is 232 cm³/mol. The quantitative estimate of drug-likeness (QED) is 0.129. The summed E-state index contributed by atoms with van der Waals surface area (Å²) < 4.78 is 0. The van der Waals surface area contributed by atoms with Crippen LogP contribution < -0.4 is 0 Å². The molecule has 0 spiro atoms. The van der Waals surface area contributed by atoms with Gasteiger partial charge in [-0.2, -0.15) is 0 Å². The standard InChI is InChI=1S/C33H30.C19H26/c1-19(2)22-9-6-10-23(20(3)4)31(22)29-17-18-30-28-16-15-21(5)24-11-7-12-25(32(24)28)26-13-8-14-27(29)33(26)30;1-13-10-16(19(5,6)7)12-14-11-15(18(2,3)4)8-9-17(13)14/h6-20H,1-5H3;8-12H,1-7H3. The Labute approximate surface area is 312 Å². The van der Waals surface area contributed by atoms with Crippen LogP contribution in [0.25, 0.3) is 65.0 Å². The van der Waals surface area contributed by atoms with Crippen molar-refractivity contribution in [3.05, 3.63) is 143 Å². The number of fused-ring (bicyclic) bond motifs is 3. The maximum absolute atomic E-state index is 2.38. The molecule has 264 valence electrons. The van der Waals surface area contributed by atoms with Crippen molar-refractivity contribution >= 4 is 53.9 Å². The van der Waals surface area contributed by atoms with E-state index in [2.05, 4.69) is 192 Å². The Balaban J connectivity index is 0.000000189. The molecule has 0 nitrogen and oxygen atoms in total. The maximum atomic E-state index is 2.38. The fourth-order valence-electron chi connectivity index (χ4n) is 8.40. The fourth-order valence-corrected chi connectivity index (χ4v) is 8.40. The van der Waals surface area contributed by atoms with Gasteiger partial charge in [-0.15, -0.1) is 0 Å². The zero-order chi connectivity index (χ0) is 37.3. The molecule has 8 aromatic carbocycles. The van der Waals surface area contributed by atoms with E-state index in [0.717, 1.165) is 0 Å². The summed E-state index contributed by atoms with van der Waals surface area (Å²) in [6.07, 6.45) is 0. The third kappa shape index (κ3) is 6.15. The number of aryl methyl sites for hydroxylation is 2. The second-order valence-electron chi connectivity index (χ2n) is 17.9. The zero-order valence-corrected chi connectivity index (χ0v) is 33.5. The second kappa shape index (κ2) is 13.1. The molecule has 0 heterocycles. The molecule has 0 saturated heterocycles. The van der Waals surface area contributed by atoms with Gasteiger partial charge in [-0.1, -0.05) is 178 Å². The minimum atomic E-state index is 0.205. The van der Waals surface area contributed by atoms with E-state index in [-0.39, 0.29) is 10.8 Å². The van der Waals surface area contributed by atoms with E-state index >= 15 is 0 Å². The molecule has 0 amide bonds. The van der Waals surface area contributed by atoms with E-state index in [1.165, 1.54) is 98.4 Å². The minimum absolute atomic E-state index is 0.205. The Morgan fingerprint density at radius 1 is 0.404 bits per heavy atom. The van der Waals surface area contributed by atoms with Gasteiger partial charge in [-0.05, 0) is 135 Å². The summed E-state index contributed by atoms with van der Waals surface area (Å²) in [6.45, 7) is 27.3. The Bertz CT molecular complexity index is 2540. The lowest BCUT2D eigenvalue weighted by Crippen LogP contribution is -2.12. The van der Waals surface area contributed by atoms with Crippen molar-refractivity contribution in [3.8, 4) is 11.1 Å².